The van der Waals surface area contributed by atoms with Crippen molar-refractivity contribution in [2.45, 2.75) is 13.5 Å². The van der Waals surface area contributed by atoms with Crippen molar-refractivity contribution < 1.29 is 32.9 Å². The summed E-state index contributed by atoms with van der Waals surface area (Å²) in [6, 6.07) is 17.3. The molecule has 1 amide bonds. The van der Waals surface area contributed by atoms with Crippen LogP contribution in [0.15, 0.2) is 69.9 Å². The monoisotopic (exact) mass is 489 g/mol. The Kier molecular flexibility index (Phi) is 6.36. The zero-order chi connectivity index (χ0) is 25.1. The van der Waals surface area contributed by atoms with Crippen LogP contribution in [0, 0.1) is 6.92 Å². The lowest BCUT2D eigenvalue weighted by Gasteiger charge is -2.12. The lowest BCUT2D eigenvalue weighted by atomic mass is 10.2. The van der Waals surface area contributed by atoms with Crippen LogP contribution < -0.4 is 34.4 Å². The van der Waals surface area contributed by atoms with Crippen LogP contribution in [-0.2, 0) is 11.3 Å². The molecule has 184 valence electrons. The van der Waals surface area contributed by atoms with E-state index >= 15 is 0 Å². The molecule has 1 N–H and O–H groups in total. The summed E-state index contributed by atoms with van der Waals surface area (Å²) in [5, 5.41) is 3.12. The minimum atomic E-state index is -0.326. The van der Waals surface area contributed by atoms with Gasteiger partial charge >= 0.3 is 0 Å². The Morgan fingerprint density at radius 3 is 2.64 bits per heavy atom. The van der Waals surface area contributed by atoms with E-state index in [-0.39, 0.29) is 30.5 Å². The number of nitrogens with one attached hydrogen (secondary N) is 1. The normalized spacial score (nSPS) is 11.8. The number of hydrogen-bond donors (Lipinski definition) is 1. The van der Waals surface area contributed by atoms with E-state index in [0.29, 0.717) is 52.0 Å². The van der Waals surface area contributed by atoms with E-state index in [1.807, 2.05) is 12.1 Å². The largest absolute Gasteiger partial charge is 0.493 e. The quantitative estimate of drug-likeness (QED) is 0.390. The minimum absolute atomic E-state index is 0.0727. The molecule has 0 atom stereocenters. The first-order chi connectivity index (χ1) is 17.5. The highest BCUT2D eigenvalue weighted by atomic mass is 16.7. The molecule has 1 aromatic heterocycles. The zero-order valence-electron chi connectivity index (χ0n) is 19.7. The van der Waals surface area contributed by atoms with Gasteiger partial charge in [0.25, 0.3) is 5.91 Å². The zero-order valence-corrected chi connectivity index (χ0v) is 19.7. The van der Waals surface area contributed by atoms with Gasteiger partial charge in [-0.2, -0.15) is 0 Å². The van der Waals surface area contributed by atoms with Crippen molar-refractivity contribution in [3.63, 3.8) is 0 Å². The first kappa shape index (κ1) is 23.1. The van der Waals surface area contributed by atoms with E-state index in [4.69, 9.17) is 28.1 Å². The van der Waals surface area contributed by atoms with E-state index < -0.39 is 0 Å². The average molecular weight is 489 g/mol. The van der Waals surface area contributed by atoms with Crippen molar-refractivity contribution in [3.8, 4) is 34.5 Å². The third-order valence-corrected chi connectivity index (χ3v) is 5.56. The summed E-state index contributed by atoms with van der Waals surface area (Å²) in [5.41, 5.74) is 0.873. The molecule has 4 aromatic rings. The third kappa shape index (κ3) is 4.76. The number of para-hydroxylation sites is 2. The van der Waals surface area contributed by atoms with Crippen molar-refractivity contribution in [1.29, 1.82) is 0 Å². The van der Waals surface area contributed by atoms with Crippen LogP contribution in [-0.4, -0.2) is 26.4 Å². The van der Waals surface area contributed by atoms with Crippen LogP contribution in [0.1, 0.15) is 11.3 Å². The number of amides is 1. The van der Waals surface area contributed by atoms with Gasteiger partial charge in [-0.05, 0) is 48.9 Å². The topological polar surface area (TPSA) is 105 Å². The van der Waals surface area contributed by atoms with Crippen molar-refractivity contribution in [3.05, 3.63) is 82.2 Å². The molecule has 0 unspecified atom stereocenters. The van der Waals surface area contributed by atoms with Crippen LogP contribution in [0.2, 0.25) is 0 Å². The van der Waals surface area contributed by atoms with Crippen molar-refractivity contribution in [1.82, 2.24) is 5.32 Å². The molecule has 1 aliphatic heterocycles. The fourth-order valence-electron chi connectivity index (χ4n) is 3.74. The van der Waals surface area contributed by atoms with E-state index in [9.17, 15) is 9.59 Å². The van der Waals surface area contributed by atoms with E-state index in [1.54, 1.807) is 55.5 Å². The Bertz CT molecular complexity index is 1490. The SMILES string of the molecule is COc1ccccc1Oc1c(C)oc2cc(OCC(=O)NCc3ccc4c(c3)OCO4)ccc2c1=O. The number of carbonyl (C=O) groups excluding carboxylic acids is 1. The predicted molar refractivity (Wildman–Crippen MR) is 130 cm³/mol. The minimum Gasteiger partial charge on any atom is -0.493 e. The molecule has 36 heavy (non-hydrogen) atoms. The number of fused-ring (bicyclic) bond motifs is 2. The van der Waals surface area contributed by atoms with Crippen LogP contribution in [0.3, 0.4) is 0 Å². The highest BCUT2D eigenvalue weighted by Gasteiger charge is 2.17. The van der Waals surface area contributed by atoms with Gasteiger partial charge in [0.1, 0.15) is 17.1 Å². The summed E-state index contributed by atoms with van der Waals surface area (Å²) >= 11 is 0. The molecule has 5 rings (SSSR count). The number of carbonyl (C=O) groups is 1. The van der Waals surface area contributed by atoms with E-state index in [1.165, 1.54) is 7.11 Å². The highest BCUT2D eigenvalue weighted by molar-refractivity contribution is 5.80. The van der Waals surface area contributed by atoms with Crippen molar-refractivity contribution in [2.24, 2.45) is 0 Å². The van der Waals surface area contributed by atoms with Gasteiger partial charge in [-0.1, -0.05) is 18.2 Å². The van der Waals surface area contributed by atoms with Crippen LogP contribution >= 0.6 is 0 Å². The Morgan fingerprint density at radius 2 is 1.81 bits per heavy atom. The van der Waals surface area contributed by atoms with Crippen LogP contribution in [0.25, 0.3) is 11.0 Å². The van der Waals surface area contributed by atoms with Gasteiger partial charge in [-0.3, -0.25) is 9.59 Å². The van der Waals surface area contributed by atoms with Gasteiger partial charge in [-0.25, -0.2) is 0 Å². The number of benzene rings is 3. The Morgan fingerprint density at radius 1 is 1.00 bits per heavy atom. The summed E-state index contributed by atoms with van der Waals surface area (Å²) in [6.45, 7) is 1.96. The second kappa shape index (κ2) is 9.91. The van der Waals surface area contributed by atoms with Gasteiger partial charge in [0.15, 0.2) is 29.6 Å². The maximum Gasteiger partial charge on any atom is 0.258 e. The molecule has 0 saturated heterocycles. The number of hydrogen-bond acceptors (Lipinski definition) is 8. The molecular formula is C27H23NO8. The molecule has 0 saturated carbocycles. The third-order valence-electron chi connectivity index (χ3n) is 5.56. The van der Waals surface area contributed by atoms with E-state index in [2.05, 4.69) is 5.32 Å². The standard InChI is InChI=1S/C27H23NO8/c1-16-27(36-22-6-4-3-5-20(22)31-2)26(30)19-9-8-18(12-23(19)35-16)32-14-25(29)28-13-17-7-10-21-24(11-17)34-15-33-21/h3-12H,13-15H2,1-2H3,(H,28,29). The summed E-state index contributed by atoms with van der Waals surface area (Å²) in [6.07, 6.45) is 0. The van der Waals surface area contributed by atoms with Gasteiger partial charge < -0.3 is 33.4 Å². The summed E-state index contributed by atoms with van der Waals surface area (Å²) < 4.78 is 33.2. The molecule has 0 bridgehead atoms. The number of ether oxygens (including phenoxy) is 5. The maximum absolute atomic E-state index is 13.1. The number of methoxy groups -OCH3 is 1. The smallest absolute Gasteiger partial charge is 0.258 e. The van der Waals surface area contributed by atoms with E-state index in [0.717, 1.165) is 5.56 Å². The summed E-state index contributed by atoms with van der Waals surface area (Å²) in [7, 11) is 1.52. The fraction of sp³-hybridized carbons (Fsp3) is 0.185. The molecule has 9 heteroatoms. The lowest BCUT2D eigenvalue weighted by Crippen LogP contribution is -2.28. The molecule has 3 aromatic carbocycles. The Labute approximate surface area is 206 Å². The van der Waals surface area contributed by atoms with Gasteiger partial charge in [0.05, 0.1) is 12.5 Å². The molecule has 0 spiro atoms. The predicted octanol–water partition coefficient (Wildman–Crippen LogP) is 4.33. The maximum atomic E-state index is 13.1. The lowest BCUT2D eigenvalue weighted by molar-refractivity contribution is -0.123. The number of rotatable bonds is 8. The van der Waals surface area contributed by atoms with Gasteiger partial charge in [0.2, 0.25) is 18.0 Å². The number of aryl methyl sites for hydroxylation is 1. The summed E-state index contributed by atoms with van der Waals surface area (Å²) in [5.74, 6) is 2.71. The second-order valence-corrected chi connectivity index (χ2v) is 7.98. The summed E-state index contributed by atoms with van der Waals surface area (Å²) in [4.78, 5) is 25.3. The van der Waals surface area contributed by atoms with Crippen LogP contribution in [0.5, 0.6) is 34.5 Å². The fourth-order valence-corrected chi connectivity index (χ4v) is 3.74. The van der Waals surface area contributed by atoms with Crippen LogP contribution in [0.4, 0.5) is 0 Å². The molecule has 1 aliphatic rings. The molecule has 2 heterocycles. The first-order valence-electron chi connectivity index (χ1n) is 11.2. The molecule has 0 aliphatic carbocycles. The highest BCUT2D eigenvalue weighted by Crippen LogP contribution is 2.33. The molecule has 9 nitrogen and oxygen atoms in total. The molecular weight excluding hydrogens is 466 g/mol. The first-order valence-corrected chi connectivity index (χ1v) is 11.2. The Balaban J connectivity index is 1.25. The van der Waals surface area contributed by atoms with Crippen molar-refractivity contribution in [2.75, 3.05) is 20.5 Å². The molecule has 0 fully saturated rings. The second-order valence-electron chi connectivity index (χ2n) is 7.98. The van der Waals surface area contributed by atoms with Gasteiger partial charge in [-0.15, -0.1) is 0 Å². The average Bonchev–Trinajstić information content (AvgIpc) is 3.36. The van der Waals surface area contributed by atoms with Crippen molar-refractivity contribution >= 4 is 16.9 Å². The van der Waals surface area contributed by atoms with Gasteiger partial charge in [0, 0.05) is 12.6 Å². The Hall–Kier alpha value is -4.66. The molecule has 0 radical (unpaired) electrons.